The molecule has 0 aromatic heterocycles. The van der Waals surface area contributed by atoms with Gasteiger partial charge in [-0.15, -0.1) is 0 Å². The fourth-order valence-corrected chi connectivity index (χ4v) is 3.32. The summed E-state index contributed by atoms with van der Waals surface area (Å²) in [4.78, 5) is 0. The Hall–Kier alpha value is -0.670. The second kappa shape index (κ2) is 4.24. The molecule has 1 aliphatic rings. The van der Waals surface area contributed by atoms with Gasteiger partial charge >= 0.3 is 0 Å². The van der Waals surface area contributed by atoms with Gasteiger partial charge in [0.05, 0.1) is 5.25 Å². The molecule has 2 unspecified atom stereocenters. The van der Waals surface area contributed by atoms with E-state index in [1.807, 2.05) is 12.1 Å². The van der Waals surface area contributed by atoms with Crippen molar-refractivity contribution in [1.82, 2.24) is 5.32 Å². The smallest absolute Gasteiger partial charge is 0.0724 e. The van der Waals surface area contributed by atoms with E-state index in [1.54, 1.807) is 0 Å². The molecule has 14 heavy (non-hydrogen) atoms. The highest BCUT2D eigenvalue weighted by atomic mass is 32.2. The van der Waals surface area contributed by atoms with Gasteiger partial charge in [-0.3, -0.25) is 4.21 Å². The lowest BCUT2D eigenvalue weighted by Crippen LogP contribution is -2.35. The second-order valence-electron chi connectivity index (χ2n) is 3.63. The Morgan fingerprint density at radius 2 is 2.21 bits per heavy atom. The summed E-state index contributed by atoms with van der Waals surface area (Å²) in [6.07, 6.45) is 0. The van der Waals surface area contributed by atoms with Crippen molar-refractivity contribution in [3.05, 3.63) is 35.4 Å². The van der Waals surface area contributed by atoms with E-state index in [2.05, 4.69) is 24.4 Å². The van der Waals surface area contributed by atoms with Crippen molar-refractivity contribution in [2.45, 2.75) is 12.2 Å². The third-order valence-corrected chi connectivity index (χ3v) is 4.32. The van der Waals surface area contributed by atoms with Crippen LogP contribution in [-0.2, 0) is 10.8 Å². The summed E-state index contributed by atoms with van der Waals surface area (Å²) >= 11 is 0. The van der Waals surface area contributed by atoms with Gasteiger partial charge in [0, 0.05) is 29.6 Å². The minimum absolute atomic E-state index is 0.185. The van der Waals surface area contributed by atoms with Crippen LogP contribution in [0, 0.1) is 6.92 Å². The lowest BCUT2D eigenvalue weighted by molar-refractivity contribution is 0.623. The van der Waals surface area contributed by atoms with Gasteiger partial charge in [0.15, 0.2) is 0 Å². The van der Waals surface area contributed by atoms with Gasteiger partial charge in [-0.2, -0.15) is 0 Å². The topological polar surface area (TPSA) is 29.1 Å². The Bertz CT molecular complexity index is 351. The van der Waals surface area contributed by atoms with Crippen molar-refractivity contribution >= 4 is 10.8 Å². The van der Waals surface area contributed by atoms with Crippen LogP contribution in [0.25, 0.3) is 0 Å². The first-order valence-corrected chi connectivity index (χ1v) is 6.30. The lowest BCUT2D eigenvalue weighted by atomic mass is 10.1. The van der Waals surface area contributed by atoms with E-state index in [0.717, 1.165) is 18.8 Å². The molecule has 0 saturated carbocycles. The van der Waals surface area contributed by atoms with E-state index >= 15 is 0 Å². The summed E-state index contributed by atoms with van der Waals surface area (Å²) in [5, 5.41) is 3.48. The summed E-state index contributed by atoms with van der Waals surface area (Å²) in [6.45, 7) is 3.81. The molecule has 2 atom stereocenters. The predicted octanol–water partition coefficient (Wildman–Crippen LogP) is 1.39. The van der Waals surface area contributed by atoms with Gasteiger partial charge in [0.1, 0.15) is 0 Å². The fraction of sp³-hybridized carbons (Fsp3) is 0.455. The van der Waals surface area contributed by atoms with Crippen molar-refractivity contribution in [3.63, 3.8) is 0 Å². The van der Waals surface area contributed by atoms with Crippen LogP contribution < -0.4 is 5.32 Å². The number of hydrogen-bond acceptors (Lipinski definition) is 2. The van der Waals surface area contributed by atoms with Gasteiger partial charge < -0.3 is 5.32 Å². The molecule has 1 aromatic rings. The van der Waals surface area contributed by atoms with Crippen LogP contribution in [0.4, 0.5) is 0 Å². The molecule has 0 amide bonds. The normalized spacial score (nSPS) is 27.5. The van der Waals surface area contributed by atoms with Crippen LogP contribution in [0.3, 0.4) is 0 Å². The largest absolute Gasteiger partial charge is 0.314 e. The molecule has 1 heterocycles. The third kappa shape index (κ3) is 1.88. The molecule has 3 heteroatoms. The highest BCUT2D eigenvalue weighted by molar-refractivity contribution is 7.85. The molecule has 0 spiro atoms. The first kappa shape index (κ1) is 9.87. The zero-order valence-electron chi connectivity index (χ0n) is 8.32. The number of benzene rings is 1. The van der Waals surface area contributed by atoms with Gasteiger partial charge in [0.2, 0.25) is 0 Å². The molecule has 2 nitrogen and oxygen atoms in total. The van der Waals surface area contributed by atoms with Crippen LogP contribution in [0.1, 0.15) is 16.4 Å². The van der Waals surface area contributed by atoms with Crippen LogP contribution in [-0.4, -0.2) is 23.1 Å². The maximum atomic E-state index is 11.8. The Labute approximate surface area is 87.2 Å². The molecule has 0 radical (unpaired) electrons. The Balaban J connectivity index is 2.29. The van der Waals surface area contributed by atoms with Gasteiger partial charge in [-0.25, -0.2) is 0 Å². The minimum atomic E-state index is -0.702. The molecule has 0 bridgehead atoms. The number of hydrogen-bond donors (Lipinski definition) is 1. The molecule has 1 fully saturated rings. The zero-order valence-corrected chi connectivity index (χ0v) is 9.14. The SMILES string of the molecule is Cc1ccccc1C1CNCCS1=O. The fourth-order valence-electron chi connectivity index (χ4n) is 1.84. The molecule has 76 valence electrons. The molecule has 1 N–H and O–H groups in total. The number of aryl methyl sites for hydroxylation is 1. The molecular formula is C11H15NOS. The Morgan fingerprint density at radius 3 is 2.93 bits per heavy atom. The summed E-state index contributed by atoms with van der Waals surface area (Å²) in [5.74, 6) is 0.777. The highest BCUT2D eigenvalue weighted by Gasteiger charge is 2.23. The Morgan fingerprint density at radius 1 is 1.43 bits per heavy atom. The minimum Gasteiger partial charge on any atom is -0.314 e. The first-order chi connectivity index (χ1) is 6.79. The van der Waals surface area contributed by atoms with Gasteiger partial charge in [-0.1, -0.05) is 24.3 Å². The standard InChI is InChI=1S/C11H15NOS/c1-9-4-2-3-5-10(9)11-8-12-6-7-14(11)13/h2-5,11-12H,6-8H2,1H3. The molecule has 1 saturated heterocycles. The van der Waals surface area contributed by atoms with E-state index in [0.29, 0.717) is 0 Å². The van der Waals surface area contributed by atoms with Crippen molar-refractivity contribution < 1.29 is 4.21 Å². The van der Waals surface area contributed by atoms with E-state index in [4.69, 9.17) is 0 Å². The summed E-state index contributed by atoms with van der Waals surface area (Å²) in [7, 11) is -0.702. The maximum Gasteiger partial charge on any atom is 0.0724 e. The lowest BCUT2D eigenvalue weighted by Gasteiger charge is -2.23. The maximum absolute atomic E-state index is 11.8. The van der Waals surface area contributed by atoms with Crippen molar-refractivity contribution in [2.75, 3.05) is 18.8 Å². The van der Waals surface area contributed by atoms with E-state index < -0.39 is 10.8 Å². The predicted molar refractivity (Wildman–Crippen MR) is 59.8 cm³/mol. The van der Waals surface area contributed by atoms with Crippen molar-refractivity contribution in [1.29, 1.82) is 0 Å². The van der Waals surface area contributed by atoms with Crippen LogP contribution in [0.15, 0.2) is 24.3 Å². The molecule has 0 aliphatic carbocycles. The van der Waals surface area contributed by atoms with E-state index in [1.165, 1.54) is 11.1 Å². The van der Waals surface area contributed by atoms with Crippen LogP contribution >= 0.6 is 0 Å². The summed E-state index contributed by atoms with van der Waals surface area (Å²) in [5.41, 5.74) is 2.48. The molecule has 1 aliphatic heterocycles. The quantitative estimate of drug-likeness (QED) is 0.757. The van der Waals surface area contributed by atoms with E-state index in [9.17, 15) is 4.21 Å². The number of rotatable bonds is 1. The first-order valence-electron chi connectivity index (χ1n) is 4.92. The Kier molecular flexibility index (Phi) is 2.99. The molecule has 2 rings (SSSR count). The summed E-state index contributed by atoms with van der Waals surface area (Å²) in [6, 6.07) is 8.22. The molecule has 1 aromatic carbocycles. The average molecular weight is 209 g/mol. The van der Waals surface area contributed by atoms with Gasteiger partial charge in [0.25, 0.3) is 0 Å². The number of nitrogens with one attached hydrogen (secondary N) is 1. The second-order valence-corrected chi connectivity index (χ2v) is 5.37. The summed E-state index contributed by atoms with van der Waals surface area (Å²) < 4.78 is 11.8. The average Bonchev–Trinajstić information content (AvgIpc) is 2.20. The van der Waals surface area contributed by atoms with Crippen molar-refractivity contribution in [3.8, 4) is 0 Å². The highest BCUT2D eigenvalue weighted by Crippen LogP contribution is 2.24. The van der Waals surface area contributed by atoms with Crippen LogP contribution in [0.5, 0.6) is 0 Å². The third-order valence-electron chi connectivity index (χ3n) is 2.66. The monoisotopic (exact) mass is 209 g/mol. The van der Waals surface area contributed by atoms with Gasteiger partial charge in [-0.05, 0) is 18.1 Å². The zero-order chi connectivity index (χ0) is 9.97. The van der Waals surface area contributed by atoms with Crippen LogP contribution in [0.2, 0.25) is 0 Å². The van der Waals surface area contributed by atoms with Crippen molar-refractivity contribution in [2.24, 2.45) is 0 Å². The molecular weight excluding hydrogens is 194 g/mol. The van der Waals surface area contributed by atoms with E-state index in [-0.39, 0.29) is 5.25 Å².